The van der Waals surface area contributed by atoms with E-state index in [0.29, 0.717) is 11.0 Å². The van der Waals surface area contributed by atoms with Crippen molar-refractivity contribution in [2.75, 3.05) is 11.9 Å². The number of hydrogen-bond donors (Lipinski definition) is 1. The van der Waals surface area contributed by atoms with E-state index < -0.39 is 0 Å². The third kappa shape index (κ3) is 3.70. The molecule has 0 unspecified atom stereocenters. The lowest BCUT2D eigenvalue weighted by Gasteiger charge is -2.05. The van der Waals surface area contributed by atoms with E-state index in [1.165, 1.54) is 11.8 Å². The monoisotopic (exact) mass is 278 g/mol. The fourth-order valence-corrected chi connectivity index (χ4v) is 2.36. The van der Waals surface area contributed by atoms with Crippen molar-refractivity contribution in [1.82, 2.24) is 15.0 Å². The predicted molar refractivity (Wildman–Crippen MR) is 76.5 cm³/mol. The van der Waals surface area contributed by atoms with Crippen LogP contribution in [0.15, 0.2) is 15.7 Å². The Hall–Kier alpha value is -1.56. The van der Waals surface area contributed by atoms with Gasteiger partial charge in [0.2, 0.25) is 0 Å². The normalized spacial score (nSPS) is 10.7. The molecule has 0 aliphatic carbocycles. The summed E-state index contributed by atoms with van der Waals surface area (Å²) in [6, 6.07) is 1.94. The summed E-state index contributed by atoms with van der Waals surface area (Å²) in [6.07, 6.45) is 0. The molecule has 0 aliphatic heterocycles. The number of nitrogens with zero attached hydrogens (tertiary/aromatic N) is 3. The van der Waals surface area contributed by atoms with E-state index in [-0.39, 0.29) is 0 Å². The largest absolute Gasteiger partial charge is 0.437 e. The van der Waals surface area contributed by atoms with Crippen molar-refractivity contribution < 1.29 is 4.42 Å². The van der Waals surface area contributed by atoms with Crippen molar-refractivity contribution >= 4 is 17.6 Å². The van der Waals surface area contributed by atoms with E-state index in [4.69, 9.17) is 4.42 Å². The molecule has 2 rings (SSSR count). The Morgan fingerprint density at radius 3 is 2.63 bits per heavy atom. The summed E-state index contributed by atoms with van der Waals surface area (Å²) in [6.45, 7) is 8.72. The van der Waals surface area contributed by atoms with Crippen molar-refractivity contribution in [3.05, 3.63) is 29.0 Å². The summed E-state index contributed by atoms with van der Waals surface area (Å²) < 4.78 is 5.52. The van der Waals surface area contributed by atoms with Crippen LogP contribution in [-0.4, -0.2) is 21.5 Å². The van der Waals surface area contributed by atoms with E-state index in [2.05, 4.69) is 20.3 Å². The van der Waals surface area contributed by atoms with Gasteiger partial charge in [-0.2, -0.15) is 0 Å². The first-order valence-electron chi connectivity index (χ1n) is 6.23. The van der Waals surface area contributed by atoms with Gasteiger partial charge in [0.15, 0.2) is 0 Å². The van der Waals surface area contributed by atoms with E-state index in [1.807, 2.05) is 33.8 Å². The van der Waals surface area contributed by atoms with E-state index in [1.54, 1.807) is 0 Å². The minimum Gasteiger partial charge on any atom is -0.437 e. The second-order valence-electron chi connectivity index (χ2n) is 4.25. The quantitative estimate of drug-likeness (QED) is 0.848. The smallest absolute Gasteiger partial charge is 0.256 e. The van der Waals surface area contributed by atoms with Gasteiger partial charge in [-0.3, -0.25) is 0 Å². The van der Waals surface area contributed by atoms with Gasteiger partial charge in [0.05, 0.1) is 11.4 Å². The van der Waals surface area contributed by atoms with Crippen molar-refractivity contribution in [2.24, 2.45) is 0 Å². The minimum absolute atomic E-state index is 0.652. The lowest BCUT2D eigenvalue weighted by atomic mass is 10.4. The van der Waals surface area contributed by atoms with Crippen molar-refractivity contribution in [3.63, 3.8) is 0 Å². The van der Waals surface area contributed by atoms with E-state index >= 15 is 0 Å². The first kappa shape index (κ1) is 13.9. The lowest BCUT2D eigenvalue weighted by Crippen LogP contribution is -2.04. The third-order valence-electron chi connectivity index (χ3n) is 2.59. The lowest BCUT2D eigenvalue weighted by molar-refractivity contribution is 0.431. The maximum absolute atomic E-state index is 5.52. The van der Waals surface area contributed by atoms with Crippen LogP contribution in [0.2, 0.25) is 0 Å². The molecule has 2 heterocycles. The van der Waals surface area contributed by atoms with Gasteiger partial charge in [0.25, 0.3) is 5.22 Å². The highest BCUT2D eigenvalue weighted by atomic mass is 32.2. The number of hydrogen-bond acceptors (Lipinski definition) is 6. The van der Waals surface area contributed by atoms with E-state index in [9.17, 15) is 0 Å². The van der Waals surface area contributed by atoms with Gasteiger partial charge in [-0.1, -0.05) is 11.8 Å². The molecule has 19 heavy (non-hydrogen) atoms. The number of oxazole rings is 1. The van der Waals surface area contributed by atoms with Gasteiger partial charge in [-0.25, -0.2) is 15.0 Å². The van der Waals surface area contributed by atoms with Crippen LogP contribution in [0.25, 0.3) is 0 Å². The molecule has 0 fully saturated rings. The fourth-order valence-electron chi connectivity index (χ4n) is 1.60. The zero-order chi connectivity index (χ0) is 13.8. The molecule has 1 N–H and O–H groups in total. The molecule has 0 atom stereocenters. The number of anilines is 1. The Labute approximate surface area is 117 Å². The number of aryl methyl sites for hydroxylation is 3. The molecule has 0 aromatic carbocycles. The van der Waals surface area contributed by atoms with Crippen LogP contribution in [0.3, 0.4) is 0 Å². The average molecular weight is 278 g/mol. The molecule has 0 bridgehead atoms. The number of nitrogens with one attached hydrogen (secondary N) is 1. The molecule has 2 aromatic heterocycles. The summed E-state index contributed by atoms with van der Waals surface area (Å²) in [5.41, 5.74) is 1.89. The van der Waals surface area contributed by atoms with Gasteiger partial charge < -0.3 is 9.73 Å². The van der Waals surface area contributed by atoms with Crippen LogP contribution >= 0.6 is 11.8 Å². The zero-order valence-corrected chi connectivity index (χ0v) is 12.5. The molecular weight excluding hydrogens is 260 g/mol. The molecule has 0 amide bonds. The molecule has 0 aliphatic rings. The molecule has 5 nitrogen and oxygen atoms in total. The van der Waals surface area contributed by atoms with Crippen LogP contribution < -0.4 is 5.32 Å². The number of rotatable bonds is 5. The Balaban J connectivity index is 2.06. The SMILES string of the molecule is CCNc1cc(C)nc(CSc2nc(C)c(C)o2)n1. The molecule has 6 heteroatoms. The van der Waals surface area contributed by atoms with Crippen LogP contribution in [0, 0.1) is 20.8 Å². The summed E-state index contributed by atoms with van der Waals surface area (Å²) in [5, 5.41) is 3.87. The van der Waals surface area contributed by atoms with Crippen molar-refractivity contribution in [1.29, 1.82) is 0 Å². The van der Waals surface area contributed by atoms with Gasteiger partial charge >= 0.3 is 0 Å². The Bertz CT molecular complexity index is 548. The fraction of sp³-hybridized carbons (Fsp3) is 0.462. The van der Waals surface area contributed by atoms with Crippen LogP contribution in [0.5, 0.6) is 0 Å². The minimum atomic E-state index is 0.652. The molecule has 2 aromatic rings. The second-order valence-corrected chi connectivity index (χ2v) is 5.18. The zero-order valence-electron chi connectivity index (χ0n) is 11.6. The summed E-state index contributed by atoms with van der Waals surface area (Å²) in [4.78, 5) is 13.2. The molecule has 0 radical (unpaired) electrons. The Morgan fingerprint density at radius 1 is 1.21 bits per heavy atom. The molecule has 0 saturated carbocycles. The van der Waals surface area contributed by atoms with Gasteiger partial charge in [-0.05, 0) is 27.7 Å². The highest BCUT2D eigenvalue weighted by Crippen LogP contribution is 2.23. The highest BCUT2D eigenvalue weighted by Gasteiger charge is 2.08. The first-order chi connectivity index (χ1) is 9.08. The van der Waals surface area contributed by atoms with Gasteiger partial charge in [0.1, 0.15) is 17.4 Å². The topological polar surface area (TPSA) is 63.8 Å². The van der Waals surface area contributed by atoms with Crippen molar-refractivity contribution in [2.45, 2.75) is 38.7 Å². The number of thioether (sulfide) groups is 1. The second kappa shape index (κ2) is 6.06. The maximum Gasteiger partial charge on any atom is 0.256 e. The van der Waals surface area contributed by atoms with E-state index in [0.717, 1.165) is 35.3 Å². The first-order valence-corrected chi connectivity index (χ1v) is 7.22. The van der Waals surface area contributed by atoms with Crippen LogP contribution in [0.1, 0.15) is 29.9 Å². The number of aromatic nitrogens is 3. The summed E-state index contributed by atoms with van der Waals surface area (Å²) >= 11 is 1.51. The standard InChI is InChI=1S/C13H18N4OS/c1-5-14-11-6-8(2)15-12(17-11)7-19-13-16-9(3)10(4)18-13/h6H,5,7H2,1-4H3,(H,14,15,17). The summed E-state index contributed by atoms with van der Waals surface area (Å²) in [5.74, 6) is 3.17. The van der Waals surface area contributed by atoms with Crippen LogP contribution in [-0.2, 0) is 5.75 Å². The Kier molecular flexibility index (Phi) is 4.42. The van der Waals surface area contributed by atoms with Gasteiger partial charge in [-0.15, -0.1) is 0 Å². The highest BCUT2D eigenvalue weighted by molar-refractivity contribution is 7.98. The van der Waals surface area contributed by atoms with Crippen molar-refractivity contribution in [3.8, 4) is 0 Å². The van der Waals surface area contributed by atoms with Gasteiger partial charge in [0, 0.05) is 18.3 Å². The predicted octanol–water partition coefficient (Wildman–Crippen LogP) is 3.11. The summed E-state index contributed by atoms with van der Waals surface area (Å²) in [7, 11) is 0. The molecule has 102 valence electrons. The molecule has 0 spiro atoms. The molecular formula is C13H18N4OS. The average Bonchev–Trinajstić information content (AvgIpc) is 2.66. The maximum atomic E-state index is 5.52. The third-order valence-corrected chi connectivity index (χ3v) is 3.42. The Morgan fingerprint density at radius 2 is 2.00 bits per heavy atom. The van der Waals surface area contributed by atoms with Crippen LogP contribution in [0.4, 0.5) is 5.82 Å². The molecule has 0 saturated heterocycles.